The number of anilines is 2. The summed E-state index contributed by atoms with van der Waals surface area (Å²) < 4.78 is 0.895. The second-order valence-electron chi connectivity index (χ2n) is 5.91. The van der Waals surface area contributed by atoms with Crippen LogP contribution in [0.5, 0.6) is 0 Å². The van der Waals surface area contributed by atoms with Gasteiger partial charge in [0.15, 0.2) is 5.13 Å². The van der Waals surface area contributed by atoms with Crippen molar-refractivity contribution in [1.29, 1.82) is 0 Å². The van der Waals surface area contributed by atoms with Crippen LogP contribution in [0.25, 0.3) is 0 Å². The van der Waals surface area contributed by atoms with E-state index in [-0.39, 0.29) is 18.2 Å². The Morgan fingerprint density at radius 2 is 2.00 bits per heavy atom. The molecule has 0 aliphatic heterocycles. The molecule has 3 aromatic rings. The van der Waals surface area contributed by atoms with Crippen molar-refractivity contribution in [2.24, 2.45) is 0 Å². The highest BCUT2D eigenvalue weighted by Gasteiger charge is 2.11. The zero-order chi connectivity index (χ0) is 20.6. The summed E-state index contributed by atoms with van der Waals surface area (Å²) >= 11 is 6.53. The standard InChI is InChI=1S/C19H18BrN5O2S2/c1-12(26)24-25-17(27)8-7-14-11-28-19(22-14)23-18-16(9-13(20)10-21-18)29-15-5-3-2-4-6-15/h2-6,9-11H,7-8H2,1H3,(H,24,26)(H,25,27)(H,21,22,23). The Morgan fingerprint density at radius 3 is 2.76 bits per heavy atom. The molecule has 2 amide bonds. The molecule has 10 heteroatoms. The summed E-state index contributed by atoms with van der Waals surface area (Å²) in [5, 5.41) is 5.87. The third-order valence-corrected chi connectivity index (χ3v) is 5.83. The minimum atomic E-state index is -0.315. The molecule has 0 spiro atoms. The van der Waals surface area contributed by atoms with Gasteiger partial charge in [-0.1, -0.05) is 30.0 Å². The molecule has 7 nitrogen and oxygen atoms in total. The van der Waals surface area contributed by atoms with E-state index in [0.29, 0.717) is 17.4 Å². The quantitative estimate of drug-likeness (QED) is 0.426. The minimum Gasteiger partial charge on any atom is -0.315 e. The van der Waals surface area contributed by atoms with Crippen LogP contribution in [-0.4, -0.2) is 21.8 Å². The lowest BCUT2D eigenvalue weighted by atomic mass is 10.2. The molecule has 0 saturated heterocycles. The van der Waals surface area contributed by atoms with Crippen molar-refractivity contribution in [2.75, 3.05) is 5.32 Å². The molecule has 0 aliphatic rings. The second-order valence-corrected chi connectivity index (χ2v) is 8.80. The number of aromatic nitrogens is 2. The molecule has 2 aromatic heterocycles. The third kappa shape index (κ3) is 6.84. The van der Waals surface area contributed by atoms with E-state index in [1.165, 1.54) is 18.3 Å². The summed E-state index contributed by atoms with van der Waals surface area (Å²) in [5.74, 6) is 0.134. The van der Waals surface area contributed by atoms with Crippen molar-refractivity contribution in [3.05, 3.63) is 58.1 Å². The number of amides is 2. The van der Waals surface area contributed by atoms with Crippen molar-refractivity contribution in [2.45, 2.75) is 29.6 Å². The van der Waals surface area contributed by atoms with E-state index in [4.69, 9.17) is 0 Å². The maximum atomic E-state index is 11.7. The van der Waals surface area contributed by atoms with Gasteiger partial charge in [-0.3, -0.25) is 20.4 Å². The SMILES string of the molecule is CC(=O)NNC(=O)CCc1csc(Nc2ncc(Br)cc2Sc2ccccc2)n1. The summed E-state index contributed by atoms with van der Waals surface area (Å²) in [5.41, 5.74) is 5.40. The molecule has 0 radical (unpaired) electrons. The highest BCUT2D eigenvalue weighted by molar-refractivity contribution is 9.10. The van der Waals surface area contributed by atoms with Crippen LogP contribution in [0, 0.1) is 0 Å². The Kier molecular flexibility index (Phi) is 7.62. The fraction of sp³-hybridized carbons (Fsp3) is 0.158. The van der Waals surface area contributed by atoms with E-state index in [0.717, 1.165) is 20.0 Å². The van der Waals surface area contributed by atoms with E-state index < -0.39 is 0 Å². The lowest BCUT2D eigenvalue weighted by Gasteiger charge is -2.09. The number of thiazole rings is 1. The van der Waals surface area contributed by atoms with Crippen LogP contribution in [0.3, 0.4) is 0 Å². The Bertz CT molecular complexity index is 997. The number of carbonyl (C=O) groups is 2. The van der Waals surface area contributed by atoms with Crippen LogP contribution in [-0.2, 0) is 16.0 Å². The number of carbonyl (C=O) groups excluding carboxylic acids is 2. The van der Waals surface area contributed by atoms with Gasteiger partial charge in [0.25, 0.3) is 0 Å². The minimum absolute atomic E-state index is 0.231. The van der Waals surface area contributed by atoms with E-state index in [1.807, 2.05) is 41.8 Å². The smallest absolute Gasteiger partial charge is 0.238 e. The Hall–Kier alpha value is -2.43. The maximum absolute atomic E-state index is 11.7. The molecular weight excluding hydrogens is 474 g/mol. The van der Waals surface area contributed by atoms with Crippen molar-refractivity contribution in [1.82, 2.24) is 20.8 Å². The summed E-state index contributed by atoms with van der Waals surface area (Å²) in [7, 11) is 0. The van der Waals surface area contributed by atoms with Crippen LogP contribution >= 0.6 is 39.0 Å². The monoisotopic (exact) mass is 491 g/mol. The summed E-state index contributed by atoms with van der Waals surface area (Å²) in [6.07, 6.45) is 2.44. The summed E-state index contributed by atoms with van der Waals surface area (Å²) in [6, 6.07) is 12.1. The zero-order valence-electron chi connectivity index (χ0n) is 15.4. The number of rotatable bonds is 7. The van der Waals surface area contributed by atoms with E-state index in [9.17, 15) is 9.59 Å². The van der Waals surface area contributed by atoms with E-state index in [2.05, 4.69) is 42.1 Å². The Balaban J connectivity index is 1.63. The molecule has 0 aliphatic carbocycles. The molecule has 0 fully saturated rings. The highest BCUT2D eigenvalue weighted by Crippen LogP contribution is 2.35. The van der Waals surface area contributed by atoms with Gasteiger partial charge in [-0.15, -0.1) is 11.3 Å². The first kappa shape index (κ1) is 21.3. The van der Waals surface area contributed by atoms with E-state index in [1.54, 1.807) is 18.0 Å². The number of halogens is 1. The molecular formula is C19H18BrN5O2S2. The predicted octanol–water partition coefficient (Wildman–Crippen LogP) is 4.30. The van der Waals surface area contributed by atoms with Gasteiger partial charge in [0.1, 0.15) is 5.82 Å². The second kappa shape index (κ2) is 10.4. The van der Waals surface area contributed by atoms with Crippen molar-refractivity contribution in [3.8, 4) is 0 Å². The van der Waals surface area contributed by atoms with Crippen LogP contribution in [0.1, 0.15) is 19.0 Å². The van der Waals surface area contributed by atoms with Crippen LogP contribution < -0.4 is 16.2 Å². The van der Waals surface area contributed by atoms with Gasteiger partial charge in [0.2, 0.25) is 11.8 Å². The number of hydrogen-bond donors (Lipinski definition) is 3. The molecule has 3 rings (SSSR count). The first-order valence-electron chi connectivity index (χ1n) is 8.65. The molecule has 0 atom stereocenters. The van der Waals surface area contributed by atoms with Crippen LogP contribution in [0.4, 0.5) is 10.9 Å². The first-order valence-corrected chi connectivity index (χ1v) is 11.1. The molecule has 3 N–H and O–H groups in total. The number of nitrogens with one attached hydrogen (secondary N) is 3. The van der Waals surface area contributed by atoms with E-state index >= 15 is 0 Å². The molecule has 0 saturated carbocycles. The average molecular weight is 492 g/mol. The highest BCUT2D eigenvalue weighted by atomic mass is 79.9. The van der Waals surface area contributed by atoms with Gasteiger partial charge in [0.05, 0.1) is 10.6 Å². The molecule has 29 heavy (non-hydrogen) atoms. The molecule has 0 unspecified atom stereocenters. The van der Waals surface area contributed by atoms with Gasteiger partial charge >= 0.3 is 0 Å². The Morgan fingerprint density at radius 1 is 1.21 bits per heavy atom. The summed E-state index contributed by atoms with van der Waals surface area (Å²) in [4.78, 5) is 33.6. The Labute approximate surface area is 184 Å². The number of benzene rings is 1. The largest absolute Gasteiger partial charge is 0.315 e. The average Bonchev–Trinajstić information content (AvgIpc) is 3.15. The third-order valence-electron chi connectivity index (χ3n) is 3.55. The molecule has 150 valence electrons. The lowest BCUT2D eigenvalue weighted by molar-refractivity contribution is -0.127. The lowest BCUT2D eigenvalue weighted by Crippen LogP contribution is -2.40. The van der Waals surface area contributed by atoms with Crippen molar-refractivity contribution >= 4 is 61.8 Å². The zero-order valence-corrected chi connectivity index (χ0v) is 18.7. The first-order chi connectivity index (χ1) is 14.0. The van der Waals surface area contributed by atoms with Crippen molar-refractivity contribution < 1.29 is 9.59 Å². The van der Waals surface area contributed by atoms with Gasteiger partial charge in [-0.05, 0) is 40.5 Å². The number of aryl methyl sites for hydroxylation is 1. The summed E-state index contributed by atoms with van der Waals surface area (Å²) in [6.45, 7) is 1.33. The fourth-order valence-electron chi connectivity index (χ4n) is 2.25. The van der Waals surface area contributed by atoms with Gasteiger partial charge in [-0.2, -0.15) is 0 Å². The van der Waals surface area contributed by atoms with Gasteiger partial charge < -0.3 is 5.32 Å². The number of hydrazine groups is 1. The molecule has 0 bridgehead atoms. The molecule has 1 aromatic carbocycles. The number of pyridine rings is 1. The fourth-order valence-corrected chi connectivity index (χ4v) is 4.41. The van der Waals surface area contributed by atoms with Gasteiger partial charge in [0, 0.05) is 34.3 Å². The van der Waals surface area contributed by atoms with Crippen LogP contribution in [0.15, 0.2) is 62.2 Å². The molecule has 2 heterocycles. The maximum Gasteiger partial charge on any atom is 0.238 e. The predicted molar refractivity (Wildman–Crippen MR) is 118 cm³/mol. The topological polar surface area (TPSA) is 96.0 Å². The van der Waals surface area contributed by atoms with Gasteiger partial charge in [-0.25, -0.2) is 9.97 Å². The van der Waals surface area contributed by atoms with Crippen molar-refractivity contribution in [3.63, 3.8) is 0 Å². The van der Waals surface area contributed by atoms with Crippen LogP contribution in [0.2, 0.25) is 0 Å². The number of nitrogens with zero attached hydrogens (tertiary/aromatic N) is 2. The normalized spacial score (nSPS) is 10.4. The number of hydrogen-bond acceptors (Lipinski definition) is 7.